The van der Waals surface area contributed by atoms with Gasteiger partial charge in [-0.15, -0.1) is 0 Å². The number of benzene rings is 3. The number of anilines is 1. The maximum atomic E-state index is 13.4. The normalized spacial score (nSPS) is 17.2. The van der Waals surface area contributed by atoms with E-state index in [-0.39, 0.29) is 23.5 Å². The summed E-state index contributed by atoms with van der Waals surface area (Å²) < 4.78 is 24.2. The number of piperidine rings is 1. The van der Waals surface area contributed by atoms with E-state index in [2.05, 4.69) is 26.6 Å². The number of ether oxygens (including phenoxy) is 2. The number of methoxy groups -OCH3 is 2. The maximum Gasteiger partial charge on any atom is 0.228 e. The predicted molar refractivity (Wildman–Crippen MR) is 156 cm³/mol. The molecule has 0 saturated carbocycles. The molecule has 1 saturated heterocycles. The molecule has 4 aromatic rings. The quantitative estimate of drug-likeness (QED) is 0.261. The minimum Gasteiger partial charge on any atom is -0.493 e. The number of aromatic amines is 1. The number of likely N-dealkylation sites (tertiary alicyclic amines) is 1. The Bertz CT molecular complexity index is 1500. The number of amides is 2. The minimum atomic E-state index is -0.418. The summed E-state index contributed by atoms with van der Waals surface area (Å²) in [6.07, 6.45) is 3.11. The van der Waals surface area contributed by atoms with Crippen LogP contribution in [0.15, 0.2) is 72.9 Å². The average molecular weight is 559 g/mol. The molecule has 2 amide bonds. The lowest BCUT2D eigenvalue weighted by Crippen LogP contribution is -2.49. The molecule has 0 bridgehead atoms. The lowest BCUT2D eigenvalue weighted by Gasteiger charge is -2.36. The van der Waals surface area contributed by atoms with Crippen LogP contribution in [0.1, 0.15) is 17.5 Å². The van der Waals surface area contributed by atoms with Crippen LogP contribution < -0.4 is 20.1 Å². The summed E-state index contributed by atoms with van der Waals surface area (Å²) in [5.74, 6) is -0.148. The van der Waals surface area contributed by atoms with Crippen LogP contribution in [-0.4, -0.2) is 55.6 Å². The molecule has 0 unspecified atom stereocenters. The fourth-order valence-electron chi connectivity index (χ4n) is 5.52. The van der Waals surface area contributed by atoms with Crippen LogP contribution >= 0.6 is 0 Å². The van der Waals surface area contributed by atoms with Gasteiger partial charge in [0.25, 0.3) is 0 Å². The van der Waals surface area contributed by atoms with Crippen molar-refractivity contribution in [1.82, 2.24) is 15.2 Å². The number of H-pyrrole nitrogens is 1. The van der Waals surface area contributed by atoms with Crippen LogP contribution in [0.4, 0.5) is 10.1 Å². The van der Waals surface area contributed by atoms with Gasteiger partial charge in [-0.25, -0.2) is 4.39 Å². The first-order valence-corrected chi connectivity index (χ1v) is 13.8. The van der Waals surface area contributed by atoms with E-state index in [4.69, 9.17) is 9.47 Å². The highest BCUT2D eigenvalue weighted by Crippen LogP contribution is 2.30. The molecule has 2 atom stereocenters. The second kappa shape index (κ2) is 12.9. The molecule has 3 N–H and O–H groups in total. The summed E-state index contributed by atoms with van der Waals surface area (Å²) in [6, 6.07) is 19.5. The highest BCUT2D eigenvalue weighted by atomic mass is 19.1. The van der Waals surface area contributed by atoms with Gasteiger partial charge in [0.05, 0.1) is 26.1 Å². The van der Waals surface area contributed by atoms with Crippen molar-refractivity contribution >= 4 is 28.4 Å². The van der Waals surface area contributed by atoms with E-state index in [0.29, 0.717) is 56.2 Å². The van der Waals surface area contributed by atoms with Crippen LogP contribution in [0.3, 0.4) is 0 Å². The monoisotopic (exact) mass is 558 g/mol. The third-order valence-corrected chi connectivity index (χ3v) is 7.60. The molecule has 5 rings (SSSR count). The largest absolute Gasteiger partial charge is 0.493 e. The zero-order chi connectivity index (χ0) is 28.8. The fraction of sp³-hybridized carbons (Fsp3) is 0.312. The maximum absolute atomic E-state index is 13.4. The van der Waals surface area contributed by atoms with Crippen molar-refractivity contribution in [2.75, 3.05) is 39.2 Å². The first-order chi connectivity index (χ1) is 19.9. The summed E-state index contributed by atoms with van der Waals surface area (Å²) >= 11 is 0. The van der Waals surface area contributed by atoms with Crippen LogP contribution in [0.5, 0.6) is 11.5 Å². The number of hydrogen-bond donors (Lipinski definition) is 3. The number of fused-ring (bicyclic) bond motifs is 1. The van der Waals surface area contributed by atoms with Crippen molar-refractivity contribution in [3.05, 3.63) is 89.9 Å². The number of nitrogens with zero attached hydrogens (tertiary/aromatic N) is 1. The molecule has 2 heterocycles. The molecule has 0 radical (unpaired) electrons. The molecule has 1 aliphatic rings. The first kappa shape index (κ1) is 28.2. The molecule has 41 heavy (non-hydrogen) atoms. The Morgan fingerprint density at radius 3 is 2.44 bits per heavy atom. The van der Waals surface area contributed by atoms with Crippen molar-refractivity contribution < 1.29 is 23.5 Å². The van der Waals surface area contributed by atoms with Gasteiger partial charge in [0, 0.05) is 49.0 Å². The van der Waals surface area contributed by atoms with Gasteiger partial charge in [0.15, 0.2) is 11.5 Å². The molecule has 1 aliphatic heterocycles. The van der Waals surface area contributed by atoms with Crippen LogP contribution in [0.25, 0.3) is 10.9 Å². The van der Waals surface area contributed by atoms with Crippen molar-refractivity contribution in [3.63, 3.8) is 0 Å². The third kappa shape index (κ3) is 6.86. The van der Waals surface area contributed by atoms with Crippen molar-refractivity contribution in [2.45, 2.75) is 19.4 Å². The summed E-state index contributed by atoms with van der Waals surface area (Å²) in [6.45, 7) is 2.05. The Balaban J connectivity index is 1.27. The number of hydrogen-bond acceptors (Lipinski definition) is 5. The highest BCUT2D eigenvalue weighted by Gasteiger charge is 2.35. The van der Waals surface area contributed by atoms with E-state index in [1.54, 1.807) is 14.2 Å². The molecule has 3 aromatic carbocycles. The number of carbonyl (C=O) groups is 2. The third-order valence-electron chi connectivity index (χ3n) is 7.60. The Hall–Kier alpha value is -4.37. The van der Waals surface area contributed by atoms with Crippen LogP contribution in [0.2, 0.25) is 0 Å². The van der Waals surface area contributed by atoms with Gasteiger partial charge in [-0.2, -0.15) is 0 Å². The Labute approximate surface area is 238 Å². The van der Waals surface area contributed by atoms with Gasteiger partial charge >= 0.3 is 0 Å². The van der Waals surface area contributed by atoms with Gasteiger partial charge in [-0.05, 0) is 66.4 Å². The van der Waals surface area contributed by atoms with Gasteiger partial charge in [-0.1, -0.05) is 24.3 Å². The summed E-state index contributed by atoms with van der Waals surface area (Å²) in [4.78, 5) is 32.1. The molecular weight excluding hydrogens is 523 g/mol. The highest BCUT2D eigenvalue weighted by molar-refractivity contribution is 5.93. The second-order valence-electron chi connectivity index (χ2n) is 10.4. The van der Waals surface area contributed by atoms with Gasteiger partial charge in [0.2, 0.25) is 11.8 Å². The Morgan fingerprint density at radius 2 is 1.68 bits per heavy atom. The average Bonchev–Trinajstić information content (AvgIpc) is 3.41. The van der Waals surface area contributed by atoms with Crippen molar-refractivity contribution in [3.8, 4) is 11.5 Å². The van der Waals surface area contributed by atoms with Crippen LogP contribution in [-0.2, 0) is 22.6 Å². The molecule has 1 fully saturated rings. The molecule has 8 nitrogen and oxygen atoms in total. The standard InChI is InChI=1S/C32H35FN4O4/c1-40-29-12-7-21(15-30(29)41-2)18-37-19-23(16-24(20-37)32(39)36-26-10-8-25(33)9-11-26)31(38)34-14-13-22-17-35-28-6-4-3-5-27(22)28/h3-12,15,17,23-24,35H,13-14,16,18-20H2,1-2H3,(H,34,38)(H,36,39)/t23-,24+/m0/s1. The van der Waals surface area contributed by atoms with E-state index in [1.807, 2.05) is 42.6 Å². The zero-order valence-electron chi connectivity index (χ0n) is 23.3. The SMILES string of the molecule is COc1ccc(CN2C[C@@H](C(=O)NCCc3c[nH]c4ccccc34)C[C@@H](C(=O)Nc3ccc(F)cc3)C2)cc1OC. The molecule has 214 valence electrons. The van der Waals surface area contributed by atoms with Crippen molar-refractivity contribution in [2.24, 2.45) is 11.8 Å². The van der Waals surface area contributed by atoms with E-state index in [1.165, 1.54) is 24.3 Å². The Kier molecular flexibility index (Phi) is 8.84. The van der Waals surface area contributed by atoms with E-state index < -0.39 is 5.92 Å². The lowest BCUT2D eigenvalue weighted by molar-refractivity contribution is -0.130. The summed E-state index contributed by atoms with van der Waals surface area (Å²) in [5.41, 5.74) is 3.73. The number of nitrogens with one attached hydrogen (secondary N) is 3. The zero-order valence-corrected chi connectivity index (χ0v) is 23.3. The molecule has 9 heteroatoms. The summed E-state index contributed by atoms with van der Waals surface area (Å²) in [5, 5.41) is 7.14. The molecular formula is C32H35FN4O4. The van der Waals surface area contributed by atoms with E-state index in [9.17, 15) is 14.0 Å². The first-order valence-electron chi connectivity index (χ1n) is 13.8. The number of halogens is 1. The molecule has 0 aliphatic carbocycles. The topological polar surface area (TPSA) is 95.7 Å². The molecule has 0 spiro atoms. The van der Waals surface area contributed by atoms with Gasteiger partial charge in [0.1, 0.15) is 5.82 Å². The number of carbonyl (C=O) groups excluding carboxylic acids is 2. The second-order valence-corrected chi connectivity index (χ2v) is 10.4. The molecule has 1 aromatic heterocycles. The smallest absolute Gasteiger partial charge is 0.228 e. The van der Waals surface area contributed by atoms with Crippen molar-refractivity contribution in [1.29, 1.82) is 0 Å². The Morgan fingerprint density at radius 1 is 0.951 bits per heavy atom. The van der Waals surface area contributed by atoms with E-state index in [0.717, 1.165) is 22.0 Å². The predicted octanol–water partition coefficient (Wildman–Crippen LogP) is 4.76. The fourth-order valence-corrected chi connectivity index (χ4v) is 5.52. The van der Waals surface area contributed by atoms with Crippen LogP contribution in [0, 0.1) is 17.7 Å². The minimum absolute atomic E-state index is 0.0681. The number of aromatic nitrogens is 1. The van der Waals surface area contributed by atoms with Gasteiger partial charge < -0.3 is 25.1 Å². The number of rotatable bonds is 10. The summed E-state index contributed by atoms with van der Waals surface area (Å²) in [7, 11) is 3.18. The number of para-hydroxylation sites is 1. The van der Waals surface area contributed by atoms with Gasteiger partial charge in [-0.3, -0.25) is 14.5 Å². The lowest BCUT2D eigenvalue weighted by atomic mass is 9.87. The van der Waals surface area contributed by atoms with E-state index >= 15 is 0 Å².